The molecule has 3 aromatic carbocycles. The second kappa shape index (κ2) is 10.5. The standard InChI is InChI=1S/C35H33N5O/c1-22-19-20-26(23(2)21-22)33-30(35-37-36-34(40(35)38-33)29-15-10-12-18-32(29)41-6)16-8-7-13-27-24(3)25(4)39(5)31-17-11-9-14-28(27)31/h7-21H,1-6H3/b8-7+,27-13?,30-16-. The van der Waals surface area contributed by atoms with Gasteiger partial charge in [0.25, 0.3) is 0 Å². The summed E-state index contributed by atoms with van der Waals surface area (Å²) in [5.41, 5.74) is 12.1. The van der Waals surface area contributed by atoms with Gasteiger partial charge in [0.05, 0.1) is 12.7 Å². The predicted octanol–water partition coefficient (Wildman–Crippen LogP) is 6.97. The number of allylic oxidation sites excluding steroid dienone is 6. The van der Waals surface area contributed by atoms with Gasteiger partial charge < -0.3 is 9.64 Å². The highest BCUT2D eigenvalue weighted by Gasteiger charge is 2.21. The van der Waals surface area contributed by atoms with Crippen molar-refractivity contribution in [3.05, 3.63) is 118 Å². The fourth-order valence-corrected chi connectivity index (χ4v) is 5.57. The van der Waals surface area contributed by atoms with Crippen molar-refractivity contribution in [2.24, 2.45) is 0 Å². The molecule has 0 amide bonds. The average molecular weight is 540 g/mol. The Morgan fingerprint density at radius 3 is 2.29 bits per heavy atom. The van der Waals surface area contributed by atoms with Gasteiger partial charge in [-0.05, 0) is 68.7 Å². The van der Waals surface area contributed by atoms with Crippen LogP contribution >= 0.6 is 0 Å². The smallest absolute Gasteiger partial charge is 0.189 e. The summed E-state index contributed by atoms with van der Waals surface area (Å²) in [7, 11) is 3.79. The number of hydrogen-bond donors (Lipinski definition) is 0. The van der Waals surface area contributed by atoms with E-state index in [0.717, 1.165) is 33.4 Å². The SMILES string of the molecule is COc1ccccc1-c1nnc2/c(=C\C=C\C=C3C(C)=C(C)N(C)c4ccccc43)c(-c3ccc(C)cc3C)nn12. The Kier molecular flexibility index (Phi) is 6.75. The highest BCUT2D eigenvalue weighted by Crippen LogP contribution is 2.39. The molecule has 204 valence electrons. The summed E-state index contributed by atoms with van der Waals surface area (Å²) >= 11 is 0. The molecule has 0 spiro atoms. The zero-order valence-corrected chi connectivity index (χ0v) is 24.3. The Labute approximate surface area is 240 Å². The summed E-state index contributed by atoms with van der Waals surface area (Å²) in [6.07, 6.45) is 8.44. The number of anilines is 1. The molecule has 6 nitrogen and oxygen atoms in total. The lowest BCUT2D eigenvalue weighted by molar-refractivity contribution is 0.416. The van der Waals surface area contributed by atoms with Gasteiger partial charge >= 0.3 is 0 Å². The number of aryl methyl sites for hydroxylation is 2. The maximum absolute atomic E-state index is 5.62. The third-order valence-corrected chi connectivity index (χ3v) is 7.96. The van der Waals surface area contributed by atoms with Crippen LogP contribution in [0.5, 0.6) is 5.75 Å². The highest BCUT2D eigenvalue weighted by atomic mass is 16.5. The van der Waals surface area contributed by atoms with Crippen LogP contribution in [0, 0.1) is 13.8 Å². The van der Waals surface area contributed by atoms with Crippen LogP contribution in [0.1, 0.15) is 30.5 Å². The van der Waals surface area contributed by atoms with E-state index in [2.05, 4.69) is 117 Å². The fraction of sp³-hybridized carbons (Fsp3) is 0.171. The Bertz CT molecular complexity index is 1940. The van der Waals surface area contributed by atoms with Gasteiger partial charge in [0.2, 0.25) is 0 Å². The minimum atomic E-state index is 0.647. The average Bonchev–Trinajstić information content (AvgIpc) is 3.55. The Morgan fingerprint density at radius 2 is 1.51 bits per heavy atom. The second-order valence-electron chi connectivity index (χ2n) is 10.5. The number of para-hydroxylation sites is 2. The lowest BCUT2D eigenvalue weighted by Crippen LogP contribution is -2.21. The van der Waals surface area contributed by atoms with Crippen molar-refractivity contribution in [1.82, 2.24) is 19.8 Å². The molecule has 41 heavy (non-hydrogen) atoms. The minimum Gasteiger partial charge on any atom is -0.496 e. The molecule has 0 bridgehead atoms. The van der Waals surface area contributed by atoms with E-state index in [-0.39, 0.29) is 0 Å². The molecule has 1 aliphatic heterocycles. The van der Waals surface area contributed by atoms with E-state index in [1.54, 1.807) is 7.11 Å². The molecule has 0 aliphatic carbocycles. The van der Waals surface area contributed by atoms with Crippen molar-refractivity contribution < 1.29 is 4.74 Å². The quantitative estimate of drug-likeness (QED) is 0.242. The van der Waals surface area contributed by atoms with E-state index in [0.29, 0.717) is 11.5 Å². The number of rotatable bonds is 5. The van der Waals surface area contributed by atoms with Crippen LogP contribution in [0.2, 0.25) is 0 Å². The molecule has 0 radical (unpaired) electrons. The second-order valence-corrected chi connectivity index (χ2v) is 10.5. The molecule has 2 aromatic heterocycles. The maximum Gasteiger partial charge on any atom is 0.189 e. The topological polar surface area (TPSA) is 55.6 Å². The molecule has 0 N–H and O–H groups in total. The number of hydrogen-bond acceptors (Lipinski definition) is 5. The van der Waals surface area contributed by atoms with Gasteiger partial charge in [0.1, 0.15) is 11.4 Å². The summed E-state index contributed by atoms with van der Waals surface area (Å²) in [4.78, 5) is 2.25. The van der Waals surface area contributed by atoms with Crippen molar-refractivity contribution in [2.75, 3.05) is 19.1 Å². The zero-order valence-electron chi connectivity index (χ0n) is 24.3. The van der Waals surface area contributed by atoms with Crippen molar-refractivity contribution in [2.45, 2.75) is 27.7 Å². The number of ether oxygens (including phenoxy) is 1. The van der Waals surface area contributed by atoms with E-state index in [1.807, 2.05) is 28.8 Å². The molecule has 0 unspecified atom stereocenters. The number of benzene rings is 3. The van der Waals surface area contributed by atoms with Crippen molar-refractivity contribution in [1.29, 1.82) is 0 Å². The van der Waals surface area contributed by atoms with E-state index in [1.165, 1.54) is 33.7 Å². The van der Waals surface area contributed by atoms with Crippen LogP contribution in [0.3, 0.4) is 0 Å². The van der Waals surface area contributed by atoms with Crippen LogP contribution in [0.15, 0.2) is 96.2 Å². The first-order valence-electron chi connectivity index (χ1n) is 13.7. The van der Waals surface area contributed by atoms with Crippen LogP contribution in [0.4, 0.5) is 5.69 Å². The lowest BCUT2D eigenvalue weighted by Gasteiger charge is -2.31. The van der Waals surface area contributed by atoms with E-state index < -0.39 is 0 Å². The van der Waals surface area contributed by atoms with Gasteiger partial charge in [-0.3, -0.25) is 0 Å². The fourth-order valence-electron chi connectivity index (χ4n) is 5.57. The Hall–Kier alpha value is -4.97. The third kappa shape index (κ3) is 4.51. The number of aromatic nitrogens is 4. The lowest BCUT2D eigenvalue weighted by atomic mass is 9.91. The van der Waals surface area contributed by atoms with Crippen molar-refractivity contribution >= 4 is 23.0 Å². The normalized spacial score (nSPS) is 15.0. The predicted molar refractivity (Wildman–Crippen MR) is 168 cm³/mol. The molecular weight excluding hydrogens is 506 g/mol. The number of fused-ring (bicyclic) bond motifs is 2. The molecule has 6 heteroatoms. The molecule has 0 atom stereocenters. The molecular formula is C35H33N5O. The number of methoxy groups -OCH3 is 1. The van der Waals surface area contributed by atoms with Gasteiger partial charge in [-0.25, -0.2) is 0 Å². The van der Waals surface area contributed by atoms with Crippen LogP contribution in [-0.2, 0) is 0 Å². The molecule has 1 aliphatic rings. The van der Waals surface area contributed by atoms with Crippen LogP contribution < -0.4 is 14.9 Å². The maximum atomic E-state index is 5.62. The van der Waals surface area contributed by atoms with E-state index >= 15 is 0 Å². The molecule has 0 saturated carbocycles. The van der Waals surface area contributed by atoms with Crippen LogP contribution in [0.25, 0.3) is 39.9 Å². The molecule has 0 saturated heterocycles. The zero-order chi connectivity index (χ0) is 28.7. The highest BCUT2D eigenvalue weighted by molar-refractivity contribution is 5.91. The summed E-state index contributed by atoms with van der Waals surface area (Å²) < 4.78 is 7.44. The van der Waals surface area contributed by atoms with Crippen LogP contribution in [-0.4, -0.2) is 34.0 Å². The summed E-state index contributed by atoms with van der Waals surface area (Å²) in [5, 5.41) is 15.1. The summed E-state index contributed by atoms with van der Waals surface area (Å²) in [6.45, 7) is 8.58. The van der Waals surface area contributed by atoms with E-state index in [4.69, 9.17) is 9.84 Å². The largest absolute Gasteiger partial charge is 0.496 e. The summed E-state index contributed by atoms with van der Waals surface area (Å²) in [5.74, 6) is 1.38. The first-order chi connectivity index (χ1) is 19.9. The number of nitrogens with zero attached hydrogens (tertiary/aromatic N) is 5. The van der Waals surface area contributed by atoms with Crippen molar-refractivity contribution in [3.63, 3.8) is 0 Å². The van der Waals surface area contributed by atoms with Gasteiger partial charge in [0.15, 0.2) is 11.5 Å². The van der Waals surface area contributed by atoms with Crippen molar-refractivity contribution in [3.8, 4) is 28.4 Å². The van der Waals surface area contributed by atoms with Gasteiger partial charge in [-0.15, -0.1) is 10.2 Å². The Morgan fingerprint density at radius 1 is 0.780 bits per heavy atom. The van der Waals surface area contributed by atoms with Gasteiger partial charge in [-0.2, -0.15) is 9.61 Å². The van der Waals surface area contributed by atoms with Gasteiger partial charge in [-0.1, -0.05) is 72.3 Å². The first-order valence-corrected chi connectivity index (χ1v) is 13.7. The molecule has 6 rings (SSSR count). The Balaban J connectivity index is 1.51. The minimum absolute atomic E-state index is 0.647. The molecule has 5 aromatic rings. The summed E-state index contributed by atoms with van der Waals surface area (Å²) in [6, 6.07) is 22.8. The molecule has 0 fully saturated rings. The third-order valence-electron chi connectivity index (χ3n) is 7.96. The van der Waals surface area contributed by atoms with E-state index in [9.17, 15) is 0 Å². The first kappa shape index (κ1) is 26.3. The molecule has 3 heterocycles. The monoisotopic (exact) mass is 539 g/mol. The van der Waals surface area contributed by atoms with Gasteiger partial charge in [0, 0.05) is 34.8 Å².